The monoisotopic (exact) mass is 796 g/mol. The highest BCUT2D eigenvalue weighted by Gasteiger charge is 2.32. The smallest absolute Gasteiger partial charge is 0.338 e. The first-order valence-electron chi connectivity index (χ1n) is 13.6. The number of carbonyl (C=O) groups is 3. The number of allylic oxidation sites excluding steroid dienone is 1. The second-order valence-electron chi connectivity index (χ2n) is 9.63. The van der Waals surface area contributed by atoms with Crippen LogP contribution in [0.15, 0.2) is 73.8 Å². The van der Waals surface area contributed by atoms with Crippen LogP contribution in [0.5, 0.6) is 17.2 Å². The molecular weight excluding hydrogens is 771 g/mol. The summed E-state index contributed by atoms with van der Waals surface area (Å²) in [7, 11) is 1.44. The molecule has 0 spiro atoms. The van der Waals surface area contributed by atoms with Gasteiger partial charge in [0.25, 0.3) is 5.91 Å². The number of hydrogen-bond donors (Lipinski definition) is 3. The number of nitrogens with one attached hydrogen (secondary N) is 3. The number of amides is 3. The number of rotatable bonds is 12. The van der Waals surface area contributed by atoms with Crippen LogP contribution in [0.2, 0.25) is 10.0 Å². The van der Waals surface area contributed by atoms with Crippen molar-refractivity contribution < 1.29 is 33.3 Å². The molecular formula is C31H28Br2Cl2N4O7. The average Bonchev–Trinajstić information content (AvgIpc) is 3.01. The number of nitrogens with zero attached hydrogens (tertiary/aromatic N) is 1. The predicted octanol–water partition coefficient (Wildman–Crippen LogP) is 6.83. The van der Waals surface area contributed by atoms with E-state index in [2.05, 4.69) is 53.0 Å². The molecule has 0 unspecified atom stereocenters. The Morgan fingerprint density at radius 1 is 1.02 bits per heavy atom. The lowest BCUT2D eigenvalue weighted by atomic mass is 9.95. The number of benzene rings is 3. The van der Waals surface area contributed by atoms with E-state index in [1.54, 1.807) is 56.3 Å². The summed E-state index contributed by atoms with van der Waals surface area (Å²) < 4.78 is 23.6. The fraction of sp³-hybridized carbons (Fsp3) is 0.226. The molecule has 0 bridgehead atoms. The van der Waals surface area contributed by atoms with Crippen LogP contribution in [-0.4, -0.2) is 44.4 Å². The van der Waals surface area contributed by atoms with Crippen molar-refractivity contribution in [1.29, 1.82) is 0 Å². The lowest BCUT2D eigenvalue weighted by Gasteiger charge is -2.28. The number of urea groups is 1. The fourth-order valence-corrected chi connectivity index (χ4v) is 6.11. The van der Waals surface area contributed by atoms with Crippen molar-refractivity contribution in [2.75, 3.05) is 20.3 Å². The van der Waals surface area contributed by atoms with E-state index < -0.39 is 23.9 Å². The van der Waals surface area contributed by atoms with Gasteiger partial charge in [-0.2, -0.15) is 5.10 Å². The van der Waals surface area contributed by atoms with E-state index in [1.165, 1.54) is 13.3 Å². The topological polar surface area (TPSA) is 137 Å². The maximum Gasteiger partial charge on any atom is 0.338 e. The molecule has 15 heteroatoms. The Balaban J connectivity index is 1.35. The summed E-state index contributed by atoms with van der Waals surface area (Å²) >= 11 is 19.1. The van der Waals surface area contributed by atoms with Gasteiger partial charge in [-0.3, -0.25) is 4.79 Å². The van der Waals surface area contributed by atoms with Gasteiger partial charge in [-0.1, -0.05) is 35.3 Å². The Bertz CT molecular complexity index is 1700. The van der Waals surface area contributed by atoms with Gasteiger partial charge in [-0.15, -0.1) is 0 Å². The fourth-order valence-electron chi connectivity index (χ4n) is 4.34. The van der Waals surface area contributed by atoms with Crippen LogP contribution in [-0.2, 0) is 20.9 Å². The molecule has 0 radical (unpaired) electrons. The molecule has 0 saturated carbocycles. The summed E-state index contributed by atoms with van der Waals surface area (Å²) in [6.07, 6.45) is 1.47. The molecule has 0 aliphatic carbocycles. The zero-order valence-electron chi connectivity index (χ0n) is 24.7. The normalized spacial score (nSPS) is 14.4. The lowest BCUT2D eigenvalue weighted by Crippen LogP contribution is -2.45. The molecule has 3 aromatic rings. The largest absolute Gasteiger partial charge is 0.493 e. The Hall–Kier alpha value is -3.78. The molecule has 4 rings (SSSR count). The Labute approximate surface area is 291 Å². The van der Waals surface area contributed by atoms with Gasteiger partial charge < -0.3 is 29.6 Å². The molecule has 1 atom stereocenters. The van der Waals surface area contributed by atoms with E-state index in [0.29, 0.717) is 47.3 Å². The third kappa shape index (κ3) is 8.93. The summed E-state index contributed by atoms with van der Waals surface area (Å²) in [6.45, 7) is 3.40. The van der Waals surface area contributed by atoms with Crippen LogP contribution in [0.25, 0.3) is 0 Å². The van der Waals surface area contributed by atoms with E-state index in [1.807, 2.05) is 6.07 Å². The van der Waals surface area contributed by atoms with Crippen molar-refractivity contribution >= 4 is 79.2 Å². The summed E-state index contributed by atoms with van der Waals surface area (Å²) in [5.41, 5.74) is 5.15. The van der Waals surface area contributed by atoms with E-state index in [0.717, 1.165) is 5.56 Å². The van der Waals surface area contributed by atoms with Crippen LogP contribution in [0, 0.1) is 0 Å². The minimum absolute atomic E-state index is 0.178. The first kappa shape index (κ1) is 35.1. The molecule has 242 valence electrons. The molecule has 3 amide bonds. The highest BCUT2D eigenvalue weighted by atomic mass is 79.9. The average molecular weight is 799 g/mol. The number of methoxy groups -OCH3 is 1. The molecule has 1 aliphatic rings. The van der Waals surface area contributed by atoms with Crippen LogP contribution in [0.1, 0.15) is 36.6 Å². The summed E-state index contributed by atoms with van der Waals surface area (Å²) in [5, 5.41) is 10.2. The highest BCUT2D eigenvalue weighted by molar-refractivity contribution is 9.11. The van der Waals surface area contributed by atoms with Gasteiger partial charge in [-0.25, -0.2) is 15.0 Å². The molecule has 1 aliphatic heterocycles. The van der Waals surface area contributed by atoms with Gasteiger partial charge in [0.15, 0.2) is 18.1 Å². The number of carbonyl (C=O) groups excluding carboxylic acids is 3. The molecule has 46 heavy (non-hydrogen) atoms. The lowest BCUT2D eigenvalue weighted by molar-refractivity contribution is -0.139. The second kappa shape index (κ2) is 16.2. The van der Waals surface area contributed by atoms with Gasteiger partial charge in [0, 0.05) is 5.70 Å². The highest BCUT2D eigenvalue weighted by Crippen LogP contribution is 2.36. The van der Waals surface area contributed by atoms with E-state index >= 15 is 0 Å². The Morgan fingerprint density at radius 3 is 2.43 bits per heavy atom. The molecule has 3 aromatic carbocycles. The number of hydrazone groups is 1. The number of halogens is 4. The zero-order valence-corrected chi connectivity index (χ0v) is 29.4. The Kier molecular flexibility index (Phi) is 12.3. The van der Waals surface area contributed by atoms with Crippen molar-refractivity contribution in [3.63, 3.8) is 0 Å². The van der Waals surface area contributed by atoms with E-state index in [4.69, 9.17) is 42.1 Å². The van der Waals surface area contributed by atoms with Gasteiger partial charge in [0.05, 0.1) is 50.5 Å². The molecule has 0 saturated heterocycles. The second-order valence-corrected chi connectivity index (χ2v) is 12.2. The minimum atomic E-state index is -0.781. The number of hydrogen-bond acceptors (Lipinski definition) is 8. The molecule has 1 heterocycles. The van der Waals surface area contributed by atoms with Crippen LogP contribution < -0.4 is 30.3 Å². The molecule has 0 fully saturated rings. The zero-order chi connectivity index (χ0) is 33.4. The minimum Gasteiger partial charge on any atom is -0.493 e. The van der Waals surface area contributed by atoms with Crippen LogP contribution >= 0.6 is 55.1 Å². The maximum absolute atomic E-state index is 12.6. The van der Waals surface area contributed by atoms with Gasteiger partial charge in [0.1, 0.15) is 12.4 Å². The van der Waals surface area contributed by atoms with Crippen LogP contribution in [0.4, 0.5) is 4.79 Å². The molecule has 0 aromatic heterocycles. The van der Waals surface area contributed by atoms with Crippen LogP contribution in [0.3, 0.4) is 0 Å². The van der Waals surface area contributed by atoms with Gasteiger partial charge in [-0.05, 0) is 98.8 Å². The Morgan fingerprint density at radius 2 is 1.76 bits per heavy atom. The maximum atomic E-state index is 12.6. The molecule has 11 nitrogen and oxygen atoms in total. The number of ether oxygens (including phenoxy) is 4. The third-order valence-electron chi connectivity index (χ3n) is 6.43. The van der Waals surface area contributed by atoms with E-state index in [9.17, 15) is 14.4 Å². The van der Waals surface area contributed by atoms with Crippen molar-refractivity contribution in [3.05, 3.63) is 95.5 Å². The standard InChI is InChI=1S/C31H28Br2Cl2N4O7/c1-4-44-30(41)27-16(2)37-31(42)38-28(27)19-6-8-24(25(12-19)43-3)45-15-26(40)39-36-13-18-9-20(32)29(21(33)10-18)46-14-17-5-7-22(34)23(35)11-17/h5-13,28H,4,14-15H2,1-3H3,(H,39,40)(H2,37,38,42)/b36-13-/t28-/m0/s1. The summed E-state index contributed by atoms with van der Waals surface area (Å²) in [6, 6.07) is 12.4. The summed E-state index contributed by atoms with van der Waals surface area (Å²) in [4.78, 5) is 37.2. The predicted molar refractivity (Wildman–Crippen MR) is 181 cm³/mol. The summed E-state index contributed by atoms with van der Waals surface area (Å²) in [5.74, 6) is 0.0622. The SMILES string of the molecule is CCOC(=O)C1=C(C)NC(=O)N[C@H]1c1ccc(OCC(=O)N/N=C\c2cc(Br)c(OCc3ccc(Cl)c(Cl)c3)c(Br)c2)c(OC)c1. The number of esters is 1. The quantitative estimate of drug-likeness (QED) is 0.104. The third-order valence-corrected chi connectivity index (χ3v) is 8.35. The van der Waals surface area contributed by atoms with Gasteiger partial charge >= 0.3 is 12.0 Å². The first-order chi connectivity index (χ1) is 22.0. The van der Waals surface area contributed by atoms with Crippen molar-refractivity contribution in [1.82, 2.24) is 16.1 Å². The van der Waals surface area contributed by atoms with Crippen molar-refractivity contribution in [3.8, 4) is 17.2 Å². The van der Waals surface area contributed by atoms with Crippen molar-refractivity contribution in [2.24, 2.45) is 5.10 Å². The van der Waals surface area contributed by atoms with E-state index in [-0.39, 0.29) is 31.1 Å². The first-order valence-corrected chi connectivity index (χ1v) is 16.0. The van der Waals surface area contributed by atoms with Gasteiger partial charge in [0.2, 0.25) is 0 Å². The van der Waals surface area contributed by atoms with Crippen molar-refractivity contribution in [2.45, 2.75) is 26.5 Å². The molecule has 3 N–H and O–H groups in total.